The molecule has 2 heterocycles. The molecule has 7 heteroatoms. The molecule has 4 saturated carbocycles. The van der Waals surface area contributed by atoms with Crippen LogP contribution >= 0.6 is 11.3 Å². The molecular formula is C21H26N2O4S. The summed E-state index contributed by atoms with van der Waals surface area (Å²) in [6, 6.07) is 0. The Balaban J connectivity index is 1.41. The summed E-state index contributed by atoms with van der Waals surface area (Å²) in [5.41, 5.74) is -0.516. The van der Waals surface area contributed by atoms with Gasteiger partial charge in [0, 0.05) is 4.88 Å². The zero-order valence-corrected chi connectivity index (χ0v) is 17.3. The predicted octanol–water partition coefficient (Wildman–Crippen LogP) is 3.54. The molecule has 5 atom stereocenters. The first-order chi connectivity index (χ1) is 13.2. The van der Waals surface area contributed by atoms with E-state index >= 15 is 0 Å². The second kappa shape index (κ2) is 5.89. The van der Waals surface area contributed by atoms with E-state index in [0.717, 1.165) is 42.5 Å². The molecule has 2 aromatic heterocycles. The first-order valence-corrected chi connectivity index (χ1v) is 10.9. The maximum atomic E-state index is 13.2. The van der Waals surface area contributed by atoms with Crippen LogP contribution in [-0.2, 0) is 9.53 Å². The van der Waals surface area contributed by atoms with Gasteiger partial charge in [-0.05, 0) is 76.7 Å². The van der Waals surface area contributed by atoms with Crippen LogP contribution in [0.3, 0.4) is 0 Å². The summed E-state index contributed by atoms with van der Waals surface area (Å²) in [6.07, 6.45) is 4.25. The van der Waals surface area contributed by atoms with Crippen LogP contribution in [0.25, 0.3) is 10.2 Å². The van der Waals surface area contributed by atoms with Crippen molar-refractivity contribution in [3.63, 3.8) is 0 Å². The van der Waals surface area contributed by atoms with E-state index in [1.54, 1.807) is 6.92 Å². The van der Waals surface area contributed by atoms with E-state index in [2.05, 4.69) is 9.97 Å². The minimum atomic E-state index is -0.705. The standard InChI is InChI=1S/C21H26N2O4S/c1-10-12(3)28-18-15(10)17(24)22-16(23-18)11(2)27-19(25)20-5-13-4-14(6-20)8-21(26,7-13)9-20/h11,13-14,26H,4-9H2,1-3H3,(H,22,23,24)/t11-,13-,14+,20?,21?/m1/s1. The van der Waals surface area contributed by atoms with Crippen LogP contribution in [-0.4, -0.2) is 26.6 Å². The van der Waals surface area contributed by atoms with Crippen molar-refractivity contribution in [3.8, 4) is 0 Å². The molecule has 4 bridgehead atoms. The molecule has 0 radical (unpaired) electrons. The lowest BCUT2D eigenvalue weighted by molar-refractivity contribution is -0.200. The lowest BCUT2D eigenvalue weighted by Crippen LogP contribution is -2.58. The number of nitrogens with one attached hydrogen (secondary N) is 1. The van der Waals surface area contributed by atoms with Gasteiger partial charge < -0.3 is 14.8 Å². The van der Waals surface area contributed by atoms with E-state index in [4.69, 9.17) is 4.74 Å². The zero-order chi connectivity index (χ0) is 19.8. The van der Waals surface area contributed by atoms with Crippen LogP contribution in [0.4, 0.5) is 0 Å². The van der Waals surface area contributed by atoms with Gasteiger partial charge in [0.05, 0.1) is 16.4 Å². The SMILES string of the molecule is Cc1sc2nc([C@@H](C)OC(=O)C34C[C@@H]5C[C@@H](CC(O)(C5)C3)C4)[nH]c(=O)c2c1C. The maximum absolute atomic E-state index is 13.2. The normalized spacial score (nSPS) is 34.7. The molecule has 0 spiro atoms. The average Bonchev–Trinajstić information content (AvgIpc) is 2.87. The number of esters is 1. The number of fused-ring (bicyclic) bond motifs is 1. The zero-order valence-electron chi connectivity index (χ0n) is 16.5. The number of aromatic nitrogens is 2. The average molecular weight is 403 g/mol. The topological polar surface area (TPSA) is 92.3 Å². The summed E-state index contributed by atoms with van der Waals surface area (Å²) < 4.78 is 5.83. The fourth-order valence-corrected chi connectivity index (χ4v) is 7.30. The molecule has 2 unspecified atom stereocenters. The van der Waals surface area contributed by atoms with Crippen molar-refractivity contribution < 1.29 is 14.6 Å². The van der Waals surface area contributed by atoms with Crippen LogP contribution < -0.4 is 5.56 Å². The fourth-order valence-electron chi connectivity index (χ4n) is 6.26. The van der Waals surface area contributed by atoms with Crippen molar-refractivity contribution in [2.75, 3.05) is 0 Å². The van der Waals surface area contributed by atoms with Crippen molar-refractivity contribution in [3.05, 3.63) is 26.6 Å². The van der Waals surface area contributed by atoms with Crippen molar-refractivity contribution >= 4 is 27.5 Å². The maximum Gasteiger partial charge on any atom is 0.312 e. The van der Waals surface area contributed by atoms with Crippen LogP contribution in [0.2, 0.25) is 0 Å². The molecule has 2 N–H and O–H groups in total. The number of aryl methyl sites for hydroxylation is 2. The summed E-state index contributed by atoms with van der Waals surface area (Å²) in [6.45, 7) is 5.65. The molecule has 28 heavy (non-hydrogen) atoms. The molecule has 0 saturated heterocycles. The number of carbonyl (C=O) groups excluding carboxylic acids is 1. The summed E-state index contributed by atoms with van der Waals surface area (Å²) in [7, 11) is 0. The van der Waals surface area contributed by atoms with Gasteiger partial charge >= 0.3 is 5.97 Å². The molecule has 0 aliphatic heterocycles. The molecule has 4 aliphatic carbocycles. The van der Waals surface area contributed by atoms with Gasteiger partial charge in [-0.2, -0.15) is 0 Å². The summed E-state index contributed by atoms with van der Waals surface area (Å²) in [5.74, 6) is 0.977. The van der Waals surface area contributed by atoms with Gasteiger partial charge in [0.2, 0.25) is 0 Å². The molecule has 4 fully saturated rings. The number of carbonyl (C=O) groups is 1. The first-order valence-electron chi connectivity index (χ1n) is 10.1. The Morgan fingerprint density at radius 2 is 1.96 bits per heavy atom. The Kier molecular flexibility index (Phi) is 3.85. The van der Waals surface area contributed by atoms with E-state index in [-0.39, 0.29) is 11.5 Å². The van der Waals surface area contributed by atoms with Gasteiger partial charge in [0.1, 0.15) is 4.83 Å². The third kappa shape index (κ3) is 2.66. The predicted molar refractivity (Wildman–Crippen MR) is 106 cm³/mol. The molecule has 150 valence electrons. The molecule has 6 rings (SSSR count). The fraction of sp³-hybridized carbons (Fsp3) is 0.667. The van der Waals surface area contributed by atoms with Crippen molar-refractivity contribution in [2.24, 2.45) is 17.3 Å². The lowest BCUT2D eigenvalue weighted by Gasteiger charge is -2.58. The minimum Gasteiger partial charge on any atom is -0.454 e. The monoisotopic (exact) mass is 402 g/mol. The smallest absolute Gasteiger partial charge is 0.312 e. The van der Waals surface area contributed by atoms with E-state index in [1.807, 2.05) is 13.8 Å². The summed E-state index contributed by atoms with van der Waals surface area (Å²) >= 11 is 1.49. The lowest BCUT2D eigenvalue weighted by atomic mass is 9.48. The number of aliphatic hydroxyl groups is 1. The molecule has 0 aromatic carbocycles. The van der Waals surface area contributed by atoms with Crippen LogP contribution in [0.15, 0.2) is 4.79 Å². The van der Waals surface area contributed by atoms with E-state index < -0.39 is 17.1 Å². The molecule has 2 aromatic rings. The Labute approximate surface area is 167 Å². The highest BCUT2D eigenvalue weighted by Crippen LogP contribution is 2.62. The Morgan fingerprint density at radius 1 is 1.29 bits per heavy atom. The largest absolute Gasteiger partial charge is 0.454 e. The van der Waals surface area contributed by atoms with Crippen molar-refractivity contribution in [2.45, 2.75) is 71.0 Å². The number of thiophene rings is 1. The Bertz CT molecular complexity index is 1020. The van der Waals surface area contributed by atoms with Crippen molar-refractivity contribution in [1.82, 2.24) is 9.97 Å². The van der Waals surface area contributed by atoms with Gasteiger partial charge in [-0.25, -0.2) is 4.98 Å². The molecule has 0 amide bonds. The summed E-state index contributed by atoms with van der Waals surface area (Å²) in [5, 5.41) is 11.5. The number of hydrogen-bond donors (Lipinski definition) is 2. The third-order valence-corrected chi connectivity index (χ3v) is 8.29. The van der Waals surface area contributed by atoms with E-state index in [9.17, 15) is 14.7 Å². The third-order valence-electron chi connectivity index (χ3n) is 7.19. The van der Waals surface area contributed by atoms with Gasteiger partial charge in [-0.3, -0.25) is 9.59 Å². The Hall–Kier alpha value is -1.73. The first kappa shape index (κ1) is 18.3. The Morgan fingerprint density at radius 3 is 2.61 bits per heavy atom. The highest BCUT2D eigenvalue weighted by atomic mass is 32.1. The molecule has 6 nitrogen and oxygen atoms in total. The quantitative estimate of drug-likeness (QED) is 0.766. The molecule has 4 aliphatic rings. The van der Waals surface area contributed by atoms with E-state index in [0.29, 0.717) is 34.3 Å². The molecular weight excluding hydrogens is 376 g/mol. The number of H-pyrrole nitrogens is 1. The van der Waals surface area contributed by atoms with Gasteiger partial charge in [0.25, 0.3) is 5.56 Å². The number of rotatable bonds is 3. The van der Waals surface area contributed by atoms with E-state index in [1.165, 1.54) is 11.3 Å². The van der Waals surface area contributed by atoms with Crippen molar-refractivity contribution in [1.29, 1.82) is 0 Å². The van der Waals surface area contributed by atoms with Gasteiger partial charge in [-0.1, -0.05) is 0 Å². The van der Waals surface area contributed by atoms with Crippen LogP contribution in [0.1, 0.15) is 67.8 Å². The minimum absolute atomic E-state index is 0.186. The second-order valence-corrected chi connectivity index (χ2v) is 10.6. The van der Waals surface area contributed by atoms with Crippen LogP contribution in [0.5, 0.6) is 0 Å². The number of nitrogens with zero attached hydrogens (tertiary/aromatic N) is 1. The van der Waals surface area contributed by atoms with Gasteiger partial charge in [-0.15, -0.1) is 11.3 Å². The highest BCUT2D eigenvalue weighted by molar-refractivity contribution is 7.18. The number of ether oxygens (including phenoxy) is 1. The number of aromatic amines is 1. The second-order valence-electron chi connectivity index (χ2n) is 9.43. The highest BCUT2D eigenvalue weighted by Gasteiger charge is 2.61. The van der Waals surface area contributed by atoms with Crippen LogP contribution in [0, 0.1) is 31.1 Å². The summed E-state index contributed by atoms with van der Waals surface area (Å²) in [4.78, 5) is 34.8. The van der Waals surface area contributed by atoms with Gasteiger partial charge in [0.15, 0.2) is 11.9 Å². The number of hydrogen-bond acceptors (Lipinski definition) is 6.